The van der Waals surface area contributed by atoms with Gasteiger partial charge in [0.2, 0.25) is 0 Å². The van der Waals surface area contributed by atoms with Crippen LogP contribution in [0.15, 0.2) is 40.2 Å². The predicted molar refractivity (Wildman–Crippen MR) is 70.7 cm³/mol. The molecule has 5 nitrogen and oxygen atoms in total. The first-order valence-electron chi connectivity index (χ1n) is 5.03. The van der Waals surface area contributed by atoms with Gasteiger partial charge in [-0.3, -0.25) is 0 Å². The molecule has 0 saturated heterocycles. The van der Waals surface area contributed by atoms with E-state index in [9.17, 15) is 0 Å². The molecule has 0 aliphatic rings. The van der Waals surface area contributed by atoms with E-state index in [-0.39, 0.29) is 0 Å². The van der Waals surface area contributed by atoms with Crippen LogP contribution in [0.3, 0.4) is 0 Å². The standard InChI is InChI=1S/C11H12BrN5/c1-16(2)8-15-17-11(13-7-14-17)9-3-5-10(12)6-4-9/h3-8H,1-2H3. The summed E-state index contributed by atoms with van der Waals surface area (Å²) in [7, 11) is 3.81. The normalized spacial score (nSPS) is 11.0. The lowest BCUT2D eigenvalue weighted by molar-refractivity contribution is 0.622. The second-order valence-electron chi connectivity index (χ2n) is 3.67. The van der Waals surface area contributed by atoms with E-state index in [0.29, 0.717) is 0 Å². The minimum absolute atomic E-state index is 0.718. The van der Waals surface area contributed by atoms with Gasteiger partial charge in [-0.05, 0) is 12.1 Å². The van der Waals surface area contributed by atoms with Gasteiger partial charge in [-0.15, -0.1) is 15.0 Å². The predicted octanol–water partition coefficient (Wildman–Crippen LogP) is 2.06. The number of hydrogen-bond donors (Lipinski definition) is 0. The van der Waals surface area contributed by atoms with Crippen LogP contribution in [0.2, 0.25) is 0 Å². The lowest BCUT2D eigenvalue weighted by Crippen LogP contribution is -2.09. The molecule has 0 amide bonds. The van der Waals surface area contributed by atoms with Crippen molar-refractivity contribution in [1.82, 2.24) is 19.8 Å². The Morgan fingerprint density at radius 2 is 2.00 bits per heavy atom. The molecule has 2 aromatic rings. The fourth-order valence-corrected chi connectivity index (χ4v) is 1.53. The summed E-state index contributed by atoms with van der Waals surface area (Å²) in [5, 5.41) is 8.25. The molecule has 1 aromatic carbocycles. The lowest BCUT2D eigenvalue weighted by atomic mass is 10.2. The van der Waals surface area contributed by atoms with Crippen molar-refractivity contribution in [3.8, 4) is 11.4 Å². The second kappa shape index (κ2) is 5.09. The molecule has 2 rings (SSSR count). The molecule has 0 aliphatic heterocycles. The van der Waals surface area contributed by atoms with Gasteiger partial charge in [0.15, 0.2) is 5.82 Å². The minimum Gasteiger partial charge on any atom is -0.367 e. The fraction of sp³-hybridized carbons (Fsp3) is 0.182. The molecule has 0 aliphatic carbocycles. The van der Waals surface area contributed by atoms with E-state index in [4.69, 9.17) is 0 Å². The van der Waals surface area contributed by atoms with Crippen molar-refractivity contribution in [3.05, 3.63) is 35.1 Å². The van der Waals surface area contributed by atoms with Crippen molar-refractivity contribution in [2.75, 3.05) is 14.1 Å². The van der Waals surface area contributed by atoms with Gasteiger partial charge in [0, 0.05) is 24.1 Å². The number of nitrogens with zero attached hydrogens (tertiary/aromatic N) is 5. The number of hydrogen-bond acceptors (Lipinski definition) is 3. The molecule has 88 valence electrons. The number of benzene rings is 1. The molecule has 1 aromatic heterocycles. The van der Waals surface area contributed by atoms with Gasteiger partial charge in [0.25, 0.3) is 0 Å². The Balaban J connectivity index is 2.33. The smallest absolute Gasteiger partial charge is 0.183 e. The molecule has 0 N–H and O–H groups in total. The quantitative estimate of drug-likeness (QED) is 0.643. The molecule has 1 heterocycles. The van der Waals surface area contributed by atoms with Crippen molar-refractivity contribution in [2.24, 2.45) is 5.10 Å². The first kappa shape index (κ1) is 11.8. The molecular formula is C11H12BrN5. The summed E-state index contributed by atoms with van der Waals surface area (Å²) in [6.45, 7) is 0. The van der Waals surface area contributed by atoms with Crippen molar-refractivity contribution in [1.29, 1.82) is 0 Å². The minimum atomic E-state index is 0.718. The van der Waals surface area contributed by atoms with Gasteiger partial charge in [0.1, 0.15) is 12.7 Å². The number of halogens is 1. The van der Waals surface area contributed by atoms with Crippen molar-refractivity contribution in [2.45, 2.75) is 0 Å². The highest BCUT2D eigenvalue weighted by atomic mass is 79.9. The maximum atomic E-state index is 4.20. The Bertz CT molecular complexity index is 515. The zero-order valence-electron chi connectivity index (χ0n) is 9.58. The SMILES string of the molecule is CN(C)C=Nn1ncnc1-c1ccc(Br)cc1. The van der Waals surface area contributed by atoms with Gasteiger partial charge >= 0.3 is 0 Å². The van der Waals surface area contributed by atoms with E-state index in [0.717, 1.165) is 15.9 Å². The largest absolute Gasteiger partial charge is 0.367 e. The van der Waals surface area contributed by atoms with E-state index in [2.05, 4.69) is 31.1 Å². The lowest BCUT2D eigenvalue weighted by Gasteiger charge is -2.03. The Morgan fingerprint density at radius 1 is 1.29 bits per heavy atom. The summed E-state index contributed by atoms with van der Waals surface area (Å²) in [6, 6.07) is 7.86. The molecular weight excluding hydrogens is 282 g/mol. The Kier molecular flexibility index (Phi) is 3.53. The molecule has 0 bridgehead atoms. The molecule has 0 atom stereocenters. The van der Waals surface area contributed by atoms with Crippen LogP contribution in [-0.4, -0.2) is 40.2 Å². The number of rotatable bonds is 3. The molecule has 0 fully saturated rings. The second-order valence-corrected chi connectivity index (χ2v) is 4.59. The average Bonchev–Trinajstić information content (AvgIpc) is 2.75. The first-order chi connectivity index (χ1) is 8.16. The molecule has 0 saturated carbocycles. The van der Waals surface area contributed by atoms with Crippen LogP contribution in [0.5, 0.6) is 0 Å². The van der Waals surface area contributed by atoms with E-state index in [1.54, 1.807) is 6.34 Å². The summed E-state index contributed by atoms with van der Waals surface area (Å²) >= 11 is 3.40. The average molecular weight is 294 g/mol. The van der Waals surface area contributed by atoms with Gasteiger partial charge in [-0.25, -0.2) is 4.98 Å². The zero-order chi connectivity index (χ0) is 12.3. The van der Waals surface area contributed by atoms with Crippen LogP contribution in [0.4, 0.5) is 0 Å². The van der Waals surface area contributed by atoms with Gasteiger partial charge < -0.3 is 4.90 Å². The third kappa shape index (κ3) is 2.91. The van der Waals surface area contributed by atoms with Crippen LogP contribution in [0.1, 0.15) is 0 Å². The summed E-state index contributed by atoms with van der Waals surface area (Å²) in [4.78, 5) is 7.54. The Morgan fingerprint density at radius 3 is 2.65 bits per heavy atom. The molecule has 0 spiro atoms. The molecule has 0 radical (unpaired) electrons. The summed E-state index contributed by atoms with van der Waals surface area (Å²) in [5.41, 5.74) is 0.974. The van der Waals surface area contributed by atoms with E-state index in [1.165, 1.54) is 11.1 Å². The molecule has 6 heteroatoms. The zero-order valence-corrected chi connectivity index (χ0v) is 11.2. The highest BCUT2D eigenvalue weighted by molar-refractivity contribution is 9.10. The summed E-state index contributed by atoms with van der Waals surface area (Å²) in [6.07, 6.45) is 3.17. The summed E-state index contributed by atoms with van der Waals surface area (Å²) < 4.78 is 1.03. The van der Waals surface area contributed by atoms with Crippen LogP contribution in [0.25, 0.3) is 11.4 Å². The Hall–Kier alpha value is -1.69. The van der Waals surface area contributed by atoms with Crippen LogP contribution >= 0.6 is 15.9 Å². The van der Waals surface area contributed by atoms with Crippen LogP contribution in [0, 0.1) is 0 Å². The van der Waals surface area contributed by atoms with Crippen LogP contribution < -0.4 is 0 Å². The van der Waals surface area contributed by atoms with Crippen molar-refractivity contribution >= 4 is 22.3 Å². The van der Waals surface area contributed by atoms with Crippen molar-refractivity contribution < 1.29 is 0 Å². The Labute approximate surface area is 108 Å². The molecule has 0 unspecified atom stereocenters. The van der Waals surface area contributed by atoms with Crippen LogP contribution in [-0.2, 0) is 0 Å². The topological polar surface area (TPSA) is 46.3 Å². The maximum absolute atomic E-state index is 4.20. The van der Waals surface area contributed by atoms with E-state index < -0.39 is 0 Å². The van der Waals surface area contributed by atoms with Gasteiger partial charge in [-0.1, -0.05) is 28.1 Å². The number of aromatic nitrogens is 3. The highest BCUT2D eigenvalue weighted by Crippen LogP contribution is 2.19. The first-order valence-corrected chi connectivity index (χ1v) is 5.83. The van der Waals surface area contributed by atoms with E-state index in [1.807, 2.05) is 43.3 Å². The van der Waals surface area contributed by atoms with E-state index >= 15 is 0 Å². The fourth-order valence-electron chi connectivity index (χ4n) is 1.26. The maximum Gasteiger partial charge on any atom is 0.183 e. The van der Waals surface area contributed by atoms with Gasteiger partial charge in [0.05, 0.1) is 0 Å². The highest BCUT2D eigenvalue weighted by Gasteiger charge is 2.05. The molecule has 17 heavy (non-hydrogen) atoms. The third-order valence-electron chi connectivity index (χ3n) is 2.02. The van der Waals surface area contributed by atoms with Gasteiger partial charge in [-0.2, -0.15) is 0 Å². The monoisotopic (exact) mass is 293 g/mol. The van der Waals surface area contributed by atoms with Crippen molar-refractivity contribution in [3.63, 3.8) is 0 Å². The summed E-state index contributed by atoms with van der Waals surface area (Å²) in [5.74, 6) is 0.718. The third-order valence-corrected chi connectivity index (χ3v) is 2.55.